The van der Waals surface area contributed by atoms with E-state index in [-0.39, 0.29) is 6.61 Å². The number of aryl methyl sites for hydroxylation is 1. The summed E-state index contributed by atoms with van der Waals surface area (Å²) in [4.78, 5) is 0. The largest absolute Gasteiger partial charge is 0.396 e. The van der Waals surface area contributed by atoms with Gasteiger partial charge in [-0.1, -0.05) is 13.3 Å². The van der Waals surface area contributed by atoms with Crippen molar-refractivity contribution in [2.45, 2.75) is 58.5 Å². The Balaban J connectivity index is 1.80. The smallest absolute Gasteiger partial charge is 0.147 e. The highest BCUT2D eigenvalue weighted by molar-refractivity contribution is 4.98. The van der Waals surface area contributed by atoms with E-state index in [1.165, 1.54) is 25.7 Å². The number of nitrogens with zero attached hydrogens (tertiary/aromatic N) is 3. The Labute approximate surface area is 115 Å². The zero-order valence-corrected chi connectivity index (χ0v) is 11.9. The number of aliphatic hydroxyl groups is 1. The first-order valence-electron chi connectivity index (χ1n) is 7.57. The van der Waals surface area contributed by atoms with Gasteiger partial charge in [0.1, 0.15) is 11.6 Å². The molecule has 5 heteroatoms. The standard InChI is InChI=1S/C14H26N4O/c1-2-5-12(7-9-19)10-15-11-14-17-16-13-6-3-4-8-18(13)14/h12,15,19H,2-11H2,1H3. The lowest BCUT2D eigenvalue weighted by molar-refractivity contribution is 0.247. The van der Waals surface area contributed by atoms with Gasteiger partial charge in [-0.15, -0.1) is 10.2 Å². The van der Waals surface area contributed by atoms with Crippen molar-refractivity contribution in [1.29, 1.82) is 0 Å². The highest BCUT2D eigenvalue weighted by Crippen LogP contribution is 2.14. The minimum Gasteiger partial charge on any atom is -0.396 e. The molecule has 0 saturated heterocycles. The van der Waals surface area contributed by atoms with Crippen molar-refractivity contribution >= 4 is 0 Å². The van der Waals surface area contributed by atoms with Crippen LogP contribution in [0.2, 0.25) is 0 Å². The molecule has 108 valence electrons. The summed E-state index contributed by atoms with van der Waals surface area (Å²) in [6.45, 7) is 5.29. The van der Waals surface area contributed by atoms with E-state index in [4.69, 9.17) is 5.11 Å². The van der Waals surface area contributed by atoms with Crippen molar-refractivity contribution in [3.63, 3.8) is 0 Å². The van der Waals surface area contributed by atoms with E-state index in [2.05, 4.69) is 27.0 Å². The molecule has 1 aromatic rings. The monoisotopic (exact) mass is 266 g/mol. The van der Waals surface area contributed by atoms with Gasteiger partial charge >= 0.3 is 0 Å². The summed E-state index contributed by atoms with van der Waals surface area (Å²) in [6, 6.07) is 0. The molecule has 19 heavy (non-hydrogen) atoms. The quantitative estimate of drug-likeness (QED) is 0.748. The molecule has 1 atom stereocenters. The molecule has 2 N–H and O–H groups in total. The first kappa shape index (κ1) is 14.5. The Hall–Kier alpha value is -0.940. The predicted molar refractivity (Wildman–Crippen MR) is 74.8 cm³/mol. The third-order valence-corrected chi connectivity index (χ3v) is 3.89. The molecule has 0 bridgehead atoms. The highest BCUT2D eigenvalue weighted by Gasteiger charge is 2.15. The topological polar surface area (TPSA) is 63.0 Å². The Morgan fingerprint density at radius 2 is 2.21 bits per heavy atom. The molecule has 1 aliphatic rings. The zero-order chi connectivity index (χ0) is 13.5. The summed E-state index contributed by atoms with van der Waals surface area (Å²) in [7, 11) is 0. The Morgan fingerprint density at radius 1 is 1.32 bits per heavy atom. The Bertz CT molecular complexity index is 372. The molecule has 2 heterocycles. The van der Waals surface area contributed by atoms with Gasteiger partial charge in [-0.05, 0) is 38.1 Å². The van der Waals surface area contributed by atoms with E-state index in [1.54, 1.807) is 0 Å². The second-order valence-corrected chi connectivity index (χ2v) is 5.44. The van der Waals surface area contributed by atoms with E-state index in [1.807, 2.05) is 0 Å². The summed E-state index contributed by atoms with van der Waals surface area (Å²) in [5.74, 6) is 2.77. The molecule has 0 amide bonds. The molecule has 5 nitrogen and oxygen atoms in total. The molecular formula is C14H26N4O. The van der Waals surface area contributed by atoms with E-state index in [0.29, 0.717) is 5.92 Å². The summed E-state index contributed by atoms with van der Waals surface area (Å²) >= 11 is 0. The molecule has 0 aliphatic carbocycles. The van der Waals surface area contributed by atoms with Gasteiger partial charge in [-0.25, -0.2) is 0 Å². The number of aliphatic hydroxyl groups excluding tert-OH is 1. The minimum atomic E-state index is 0.284. The van der Waals surface area contributed by atoms with Crippen LogP contribution in [-0.2, 0) is 19.5 Å². The molecule has 0 aromatic carbocycles. The van der Waals surface area contributed by atoms with Gasteiger partial charge in [-0.2, -0.15) is 0 Å². The van der Waals surface area contributed by atoms with Crippen LogP contribution in [0.25, 0.3) is 0 Å². The highest BCUT2D eigenvalue weighted by atomic mass is 16.3. The minimum absolute atomic E-state index is 0.284. The third kappa shape index (κ3) is 4.01. The van der Waals surface area contributed by atoms with Crippen LogP contribution in [-0.4, -0.2) is 33.0 Å². The fourth-order valence-corrected chi connectivity index (χ4v) is 2.83. The van der Waals surface area contributed by atoms with Crippen molar-refractivity contribution in [2.75, 3.05) is 13.2 Å². The lowest BCUT2D eigenvalue weighted by atomic mass is 10.0. The third-order valence-electron chi connectivity index (χ3n) is 3.89. The van der Waals surface area contributed by atoms with Gasteiger partial charge in [-0.3, -0.25) is 0 Å². The Morgan fingerprint density at radius 3 is 3.00 bits per heavy atom. The molecule has 1 aliphatic heterocycles. The number of rotatable bonds is 8. The second kappa shape index (κ2) is 7.60. The van der Waals surface area contributed by atoms with Crippen molar-refractivity contribution in [1.82, 2.24) is 20.1 Å². The summed E-state index contributed by atoms with van der Waals surface area (Å²) in [5, 5.41) is 21.1. The lowest BCUT2D eigenvalue weighted by Crippen LogP contribution is -2.25. The van der Waals surface area contributed by atoms with Crippen LogP contribution in [0.5, 0.6) is 0 Å². The van der Waals surface area contributed by atoms with Crippen LogP contribution in [0.15, 0.2) is 0 Å². The van der Waals surface area contributed by atoms with Crippen LogP contribution in [0, 0.1) is 5.92 Å². The van der Waals surface area contributed by atoms with Crippen LogP contribution in [0.1, 0.15) is 50.7 Å². The van der Waals surface area contributed by atoms with Crippen LogP contribution >= 0.6 is 0 Å². The van der Waals surface area contributed by atoms with Gasteiger partial charge in [0.05, 0.1) is 6.54 Å². The van der Waals surface area contributed by atoms with Gasteiger partial charge in [0.15, 0.2) is 0 Å². The fourth-order valence-electron chi connectivity index (χ4n) is 2.83. The number of aromatic nitrogens is 3. The van der Waals surface area contributed by atoms with E-state index in [9.17, 15) is 0 Å². The van der Waals surface area contributed by atoms with Crippen LogP contribution in [0.4, 0.5) is 0 Å². The number of hydrogen-bond donors (Lipinski definition) is 2. The fraction of sp³-hybridized carbons (Fsp3) is 0.857. The normalized spacial score (nSPS) is 16.3. The molecule has 0 saturated carbocycles. The van der Waals surface area contributed by atoms with Crippen molar-refractivity contribution < 1.29 is 5.11 Å². The average Bonchev–Trinajstić information content (AvgIpc) is 2.83. The lowest BCUT2D eigenvalue weighted by Gasteiger charge is -2.17. The molecule has 0 radical (unpaired) electrons. The number of hydrogen-bond acceptors (Lipinski definition) is 4. The van der Waals surface area contributed by atoms with E-state index >= 15 is 0 Å². The van der Waals surface area contributed by atoms with Crippen molar-refractivity contribution in [3.8, 4) is 0 Å². The summed E-state index contributed by atoms with van der Waals surface area (Å²) < 4.78 is 2.26. The SMILES string of the molecule is CCCC(CCO)CNCc1nnc2n1CCCC2. The first-order valence-corrected chi connectivity index (χ1v) is 7.57. The van der Waals surface area contributed by atoms with Crippen molar-refractivity contribution in [3.05, 3.63) is 11.6 Å². The van der Waals surface area contributed by atoms with Crippen molar-refractivity contribution in [2.24, 2.45) is 5.92 Å². The first-order chi connectivity index (χ1) is 9.35. The molecule has 2 rings (SSSR count). The van der Waals surface area contributed by atoms with E-state index in [0.717, 1.165) is 44.1 Å². The van der Waals surface area contributed by atoms with E-state index < -0.39 is 0 Å². The summed E-state index contributed by atoms with van der Waals surface area (Å²) in [6.07, 6.45) is 6.77. The average molecular weight is 266 g/mol. The van der Waals surface area contributed by atoms with Crippen LogP contribution in [0.3, 0.4) is 0 Å². The maximum Gasteiger partial charge on any atom is 0.147 e. The van der Waals surface area contributed by atoms with Gasteiger partial charge < -0.3 is 15.0 Å². The molecule has 0 fully saturated rings. The predicted octanol–water partition coefficient (Wildman–Crippen LogP) is 1.50. The number of fused-ring (bicyclic) bond motifs is 1. The molecular weight excluding hydrogens is 240 g/mol. The zero-order valence-electron chi connectivity index (χ0n) is 11.9. The van der Waals surface area contributed by atoms with Gasteiger partial charge in [0, 0.05) is 19.6 Å². The maximum absolute atomic E-state index is 9.05. The molecule has 1 aromatic heterocycles. The molecule has 0 spiro atoms. The van der Waals surface area contributed by atoms with Gasteiger partial charge in [0.25, 0.3) is 0 Å². The maximum atomic E-state index is 9.05. The Kier molecular flexibility index (Phi) is 5.79. The second-order valence-electron chi connectivity index (χ2n) is 5.44. The number of nitrogens with one attached hydrogen (secondary N) is 1. The molecule has 1 unspecified atom stereocenters. The summed E-state index contributed by atoms with van der Waals surface area (Å²) in [5.41, 5.74) is 0. The van der Waals surface area contributed by atoms with Crippen LogP contribution < -0.4 is 5.32 Å². The van der Waals surface area contributed by atoms with Gasteiger partial charge in [0.2, 0.25) is 0 Å².